The van der Waals surface area contributed by atoms with E-state index in [-0.39, 0.29) is 0 Å². The van der Waals surface area contributed by atoms with Gasteiger partial charge in [0.1, 0.15) is 11.2 Å². The molecular formula is C50H31NOS. The minimum Gasteiger partial charge on any atom is -0.456 e. The molecule has 0 spiro atoms. The van der Waals surface area contributed by atoms with Crippen molar-refractivity contribution in [1.82, 2.24) is 0 Å². The van der Waals surface area contributed by atoms with Crippen molar-refractivity contribution in [3.63, 3.8) is 0 Å². The smallest absolute Gasteiger partial charge is 0.136 e. The molecule has 2 aromatic heterocycles. The van der Waals surface area contributed by atoms with Gasteiger partial charge in [0.15, 0.2) is 0 Å². The van der Waals surface area contributed by atoms with Crippen LogP contribution in [0.5, 0.6) is 0 Å². The number of furan rings is 1. The van der Waals surface area contributed by atoms with Crippen molar-refractivity contribution < 1.29 is 4.42 Å². The molecule has 0 aliphatic rings. The molecule has 11 aromatic rings. The molecule has 0 unspecified atom stereocenters. The van der Waals surface area contributed by atoms with E-state index in [1.165, 1.54) is 58.4 Å². The Kier molecular flexibility index (Phi) is 6.76. The van der Waals surface area contributed by atoms with Gasteiger partial charge in [-0.05, 0) is 86.3 Å². The number of benzene rings is 9. The highest BCUT2D eigenvalue weighted by Gasteiger charge is 2.21. The molecule has 0 aliphatic heterocycles. The van der Waals surface area contributed by atoms with Crippen molar-refractivity contribution in [3.8, 4) is 22.3 Å². The lowest BCUT2D eigenvalue weighted by Crippen LogP contribution is -2.10. The van der Waals surface area contributed by atoms with Crippen LogP contribution in [-0.4, -0.2) is 0 Å². The van der Waals surface area contributed by atoms with Gasteiger partial charge < -0.3 is 9.32 Å². The largest absolute Gasteiger partial charge is 0.456 e. The molecule has 0 saturated heterocycles. The van der Waals surface area contributed by atoms with Gasteiger partial charge in [-0.25, -0.2) is 0 Å². The Hall–Kier alpha value is -6.68. The zero-order valence-corrected chi connectivity index (χ0v) is 29.5. The van der Waals surface area contributed by atoms with Gasteiger partial charge in [0.25, 0.3) is 0 Å². The molecule has 0 aliphatic carbocycles. The number of rotatable bonds is 5. The third-order valence-corrected chi connectivity index (χ3v) is 11.9. The van der Waals surface area contributed by atoms with Gasteiger partial charge >= 0.3 is 0 Å². The number of anilines is 3. The molecule has 0 radical (unpaired) electrons. The Bertz CT molecular complexity index is 3170. The first-order valence-electron chi connectivity index (χ1n) is 18.0. The maximum Gasteiger partial charge on any atom is 0.136 e. The standard InChI is InChI=1S/C50H31NOS/c1-2-11-32(12-3-1)40-17-8-18-41-42-19-9-20-45(50(42)53-49(40)41)51(37-30-27-35-24-23-33-13-4-5-14-38(33)44(35)31-37)36-28-25-34(26-29-36)39-16-10-22-47-48(39)43-15-6-7-21-46(43)52-47/h1-31H. The molecule has 2 nitrogen and oxygen atoms in total. The fourth-order valence-electron chi connectivity index (χ4n) is 8.19. The first kappa shape index (κ1) is 30.0. The molecule has 0 amide bonds. The van der Waals surface area contributed by atoms with Crippen LogP contribution in [0.1, 0.15) is 0 Å². The second-order valence-electron chi connectivity index (χ2n) is 13.7. The summed E-state index contributed by atoms with van der Waals surface area (Å²) in [4.78, 5) is 2.44. The summed E-state index contributed by atoms with van der Waals surface area (Å²) in [5, 5.41) is 9.83. The van der Waals surface area contributed by atoms with Crippen molar-refractivity contribution in [2.75, 3.05) is 4.90 Å². The molecular weight excluding hydrogens is 663 g/mol. The lowest BCUT2D eigenvalue weighted by Gasteiger charge is -2.27. The van der Waals surface area contributed by atoms with Crippen molar-refractivity contribution >= 4 is 92.1 Å². The number of thiophene rings is 1. The molecule has 0 fully saturated rings. The highest BCUT2D eigenvalue weighted by Crippen LogP contribution is 2.48. The molecule has 0 N–H and O–H groups in total. The van der Waals surface area contributed by atoms with E-state index in [1.54, 1.807) is 0 Å². The van der Waals surface area contributed by atoms with Crippen LogP contribution >= 0.6 is 11.3 Å². The van der Waals surface area contributed by atoms with E-state index in [4.69, 9.17) is 4.42 Å². The van der Waals surface area contributed by atoms with Crippen molar-refractivity contribution in [1.29, 1.82) is 0 Å². The molecule has 0 atom stereocenters. The van der Waals surface area contributed by atoms with Crippen LogP contribution in [0.3, 0.4) is 0 Å². The monoisotopic (exact) mass is 693 g/mol. The van der Waals surface area contributed by atoms with Crippen LogP contribution < -0.4 is 4.90 Å². The minimum atomic E-state index is 0.907. The fourth-order valence-corrected chi connectivity index (χ4v) is 9.53. The summed E-state index contributed by atoms with van der Waals surface area (Å²) in [6.07, 6.45) is 0. The predicted molar refractivity (Wildman–Crippen MR) is 227 cm³/mol. The number of fused-ring (bicyclic) bond motifs is 9. The summed E-state index contributed by atoms with van der Waals surface area (Å²) in [5.41, 5.74) is 10.0. The lowest BCUT2D eigenvalue weighted by atomic mass is 9.98. The highest BCUT2D eigenvalue weighted by atomic mass is 32.1. The lowest BCUT2D eigenvalue weighted by molar-refractivity contribution is 0.669. The van der Waals surface area contributed by atoms with Crippen molar-refractivity contribution in [2.45, 2.75) is 0 Å². The summed E-state index contributed by atoms with van der Waals surface area (Å²) >= 11 is 1.89. The third-order valence-electron chi connectivity index (χ3n) is 10.7. The first-order valence-corrected chi connectivity index (χ1v) is 18.8. The Morgan fingerprint density at radius 3 is 1.85 bits per heavy atom. The van der Waals surface area contributed by atoms with Gasteiger partial charge in [0.05, 0.1) is 10.4 Å². The van der Waals surface area contributed by atoms with Crippen LogP contribution in [0, 0.1) is 0 Å². The van der Waals surface area contributed by atoms with Gasteiger partial charge in [-0.2, -0.15) is 0 Å². The first-order chi connectivity index (χ1) is 26.3. The zero-order chi connectivity index (χ0) is 34.9. The predicted octanol–water partition coefficient (Wildman–Crippen LogP) is 15.1. The van der Waals surface area contributed by atoms with Gasteiger partial charge in [0, 0.05) is 37.6 Å². The molecule has 0 saturated carbocycles. The molecule has 2 heterocycles. The van der Waals surface area contributed by atoms with E-state index in [9.17, 15) is 0 Å². The summed E-state index contributed by atoms with van der Waals surface area (Å²) in [7, 11) is 0. The summed E-state index contributed by atoms with van der Waals surface area (Å²) in [6, 6.07) is 68.0. The van der Waals surface area contributed by atoms with Crippen LogP contribution in [0.15, 0.2) is 192 Å². The average Bonchev–Trinajstić information content (AvgIpc) is 3.81. The van der Waals surface area contributed by atoms with Crippen LogP contribution in [0.2, 0.25) is 0 Å². The van der Waals surface area contributed by atoms with Gasteiger partial charge in [-0.15, -0.1) is 11.3 Å². The molecule has 53 heavy (non-hydrogen) atoms. The number of nitrogens with zero attached hydrogens (tertiary/aromatic N) is 1. The molecule has 248 valence electrons. The van der Waals surface area contributed by atoms with Crippen LogP contribution in [0.4, 0.5) is 17.1 Å². The van der Waals surface area contributed by atoms with Gasteiger partial charge in [-0.3, -0.25) is 0 Å². The summed E-state index contributed by atoms with van der Waals surface area (Å²) in [6.45, 7) is 0. The molecule has 3 heteroatoms. The maximum absolute atomic E-state index is 6.25. The molecule has 11 rings (SSSR count). The normalized spacial score (nSPS) is 11.8. The Balaban J connectivity index is 1.14. The number of hydrogen-bond donors (Lipinski definition) is 0. The van der Waals surface area contributed by atoms with E-state index in [2.05, 4.69) is 181 Å². The van der Waals surface area contributed by atoms with Crippen molar-refractivity contribution in [3.05, 3.63) is 188 Å². The SMILES string of the molecule is c1ccc(-c2cccc3c2sc2c(N(c4ccc(-c5cccc6oc7ccccc7c56)cc4)c4ccc5ccc6ccccc6c5c4)cccc23)cc1. The second-order valence-corrected chi connectivity index (χ2v) is 14.7. The second kappa shape index (κ2) is 11.9. The summed E-state index contributed by atoms with van der Waals surface area (Å²) < 4.78 is 8.83. The third kappa shape index (κ3) is 4.78. The van der Waals surface area contributed by atoms with E-state index in [0.29, 0.717) is 0 Å². The highest BCUT2D eigenvalue weighted by molar-refractivity contribution is 7.27. The quantitative estimate of drug-likeness (QED) is 0.167. The molecule has 9 aromatic carbocycles. The van der Waals surface area contributed by atoms with E-state index < -0.39 is 0 Å². The number of hydrogen-bond acceptors (Lipinski definition) is 3. The minimum absolute atomic E-state index is 0.907. The van der Waals surface area contributed by atoms with E-state index >= 15 is 0 Å². The average molecular weight is 694 g/mol. The Morgan fingerprint density at radius 2 is 0.981 bits per heavy atom. The summed E-state index contributed by atoms with van der Waals surface area (Å²) in [5.74, 6) is 0. The Labute approximate surface area is 310 Å². The topological polar surface area (TPSA) is 16.4 Å². The molecule has 0 bridgehead atoms. The van der Waals surface area contributed by atoms with Crippen LogP contribution in [-0.2, 0) is 0 Å². The van der Waals surface area contributed by atoms with Gasteiger partial charge in [0.2, 0.25) is 0 Å². The van der Waals surface area contributed by atoms with Crippen molar-refractivity contribution in [2.24, 2.45) is 0 Å². The van der Waals surface area contributed by atoms with E-state index in [0.717, 1.165) is 44.6 Å². The number of para-hydroxylation sites is 1. The fraction of sp³-hybridized carbons (Fsp3) is 0. The zero-order valence-electron chi connectivity index (χ0n) is 28.7. The maximum atomic E-state index is 6.25. The van der Waals surface area contributed by atoms with E-state index in [1.807, 2.05) is 23.5 Å². The van der Waals surface area contributed by atoms with Crippen LogP contribution in [0.25, 0.3) is 85.9 Å². The Morgan fingerprint density at radius 1 is 0.377 bits per heavy atom. The van der Waals surface area contributed by atoms with Gasteiger partial charge in [-0.1, -0.05) is 146 Å².